The van der Waals surface area contributed by atoms with Crippen LogP contribution in [-0.2, 0) is 4.79 Å². The molecule has 6 atom stereocenters. The molecule has 4 bridgehead atoms. The quantitative estimate of drug-likeness (QED) is 0.521. The molecule has 2 saturated carbocycles. The monoisotopic (exact) mass is 340 g/mol. The van der Waals surface area contributed by atoms with Crippen molar-refractivity contribution < 1.29 is 4.79 Å². The Labute approximate surface area is 155 Å². The molecule has 6 rings (SSSR count). The van der Waals surface area contributed by atoms with Gasteiger partial charge in [0.05, 0.1) is 0 Å². The minimum absolute atomic E-state index is 0.0597. The summed E-state index contributed by atoms with van der Waals surface area (Å²) in [6.07, 6.45) is 5.29. The Morgan fingerprint density at radius 3 is 1.54 bits per heavy atom. The lowest BCUT2D eigenvalue weighted by Gasteiger charge is -2.37. The van der Waals surface area contributed by atoms with Crippen LogP contribution in [0.5, 0.6) is 0 Å². The SMILES string of the molecule is O=C1[C@H](c2ccccc2)C2CC(C3=C2C2CCC3C2)[C@@H]1c1ccccc1. The topological polar surface area (TPSA) is 17.1 Å². The Hall–Kier alpha value is -2.15. The standard InChI is InChI=1S/C25H24O/c26-25-23(15-7-3-1-4-8-15)19-14-20(24(25)16-9-5-2-6-10-16)22-18-12-11-17(13-18)21(19)22/h1-10,17-20,23-24H,11-14H2/t17?,18?,19?,20?,23-,24+. The first-order valence-corrected chi connectivity index (χ1v) is 10.2. The first kappa shape index (κ1) is 15.0. The number of allylic oxidation sites excluding steroid dienone is 2. The zero-order chi connectivity index (χ0) is 17.3. The number of hydrogen-bond acceptors (Lipinski definition) is 1. The molecule has 130 valence electrons. The molecule has 4 aliphatic carbocycles. The molecule has 1 nitrogen and oxygen atoms in total. The van der Waals surface area contributed by atoms with Crippen LogP contribution < -0.4 is 0 Å². The Morgan fingerprint density at radius 1 is 0.615 bits per heavy atom. The number of fused-ring (bicyclic) bond motifs is 8. The van der Waals surface area contributed by atoms with Gasteiger partial charge in [0, 0.05) is 11.8 Å². The predicted octanol–water partition coefficient (Wildman–Crippen LogP) is 5.50. The highest BCUT2D eigenvalue weighted by molar-refractivity contribution is 5.95. The molecule has 1 heteroatoms. The molecule has 0 N–H and O–H groups in total. The fourth-order valence-corrected chi connectivity index (χ4v) is 6.91. The van der Waals surface area contributed by atoms with E-state index in [0.717, 1.165) is 11.8 Å². The van der Waals surface area contributed by atoms with E-state index in [1.807, 2.05) is 0 Å². The summed E-state index contributed by atoms with van der Waals surface area (Å²) in [5.41, 5.74) is 5.93. The minimum atomic E-state index is 0.0597. The maximum absolute atomic E-state index is 13.8. The second-order valence-electron chi connectivity index (χ2n) is 8.75. The van der Waals surface area contributed by atoms with Crippen molar-refractivity contribution in [3.05, 3.63) is 82.9 Å². The van der Waals surface area contributed by atoms with Crippen LogP contribution in [0.3, 0.4) is 0 Å². The average Bonchev–Trinajstić information content (AvgIpc) is 3.37. The zero-order valence-corrected chi connectivity index (χ0v) is 15.0. The van der Waals surface area contributed by atoms with Crippen molar-refractivity contribution >= 4 is 5.78 Å². The molecule has 4 unspecified atom stereocenters. The van der Waals surface area contributed by atoms with Crippen LogP contribution in [0.1, 0.15) is 48.6 Å². The van der Waals surface area contributed by atoms with E-state index in [1.54, 1.807) is 11.1 Å². The van der Waals surface area contributed by atoms with Gasteiger partial charge in [-0.3, -0.25) is 4.79 Å². The van der Waals surface area contributed by atoms with Crippen molar-refractivity contribution in [2.24, 2.45) is 23.7 Å². The van der Waals surface area contributed by atoms with Gasteiger partial charge in [0.25, 0.3) is 0 Å². The largest absolute Gasteiger partial charge is 0.298 e. The summed E-state index contributed by atoms with van der Waals surface area (Å²) in [5, 5.41) is 0. The molecule has 2 aromatic carbocycles. The predicted molar refractivity (Wildman–Crippen MR) is 103 cm³/mol. The number of Topliss-reactive ketones (excluding diaryl/α,β-unsaturated/α-hetero) is 1. The van der Waals surface area contributed by atoms with Gasteiger partial charge in [-0.25, -0.2) is 0 Å². The van der Waals surface area contributed by atoms with Crippen LogP contribution in [-0.4, -0.2) is 5.78 Å². The maximum Gasteiger partial charge on any atom is 0.148 e. The van der Waals surface area contributed by atoms with E-state index in [2.05, 4.69) is 60.7 Å². The molecule has 2 aromatic rings. The van der Waals surface area contributed by atoms with Crippen molar-refractivity contribution in [2.75, 3.05) is 0 Å². The fourth-order valence-electron chi connectivity index (χ4n) is 6.91. The Morgan fingerprint density at radius 2 is 1.08 bits per heavy atom. The van der Waals surface area contributed by atoms with Crippen LogP contribution in [0.25, 0.3) is 0 Å². The van der Waals surface area contributed by atoms with E-state index >= 15 is 0 Å². The Bertz CT molecular complexity index is 823. The highest BCUT2D eigenvalue weighted by atomic mass is 16.1. The summed E-state index contributed by atoms with van der Waals surface area (Å²) < 4.78 is 0. The number of carbonyl (C=O) groups excluding carboxylic acids is 1. The van der Waals surface area contributed by atoms with Gasteiger partial charge in [-0.15, -0.1) is 0 Å². The molecule has 0 spiro atoms. The third-order valence-electron chi connectivity index (χ3n) is 7.69. The second-order valence-corrected chi connectivity index (χ2v) is 8.75. The minimum Gasteiger partial charge on any atom is -0.298 e. The summed E-state index contributed by atoms with van der Waals surface area (Å²) in [6.45, 7) is 0. The van der Waals surface area contributed by atoms with Crippen molar-refractivity contribution in [2.45, 2.75) is 37.5 Å². The van der Waals surface area contributed by atoms with Crippen molar-refractivity contribution in [3.63, 3.8) is 0 Å². The van der Waals surface area contributed by atoms with E-state index in [0.29, 0.717) is 17.6 Å². The molecule has 0 amide bonds. The average molecular weight is 340 g/mol. The molecular weight excluding hydrogens is 316 g/mol. The summed E-state index contributed by atoms with van der Waals surface area (Å²) in [5.74, 6) is 3.09. The Kier molecular flexibility index (Phi) is 3.12. The highest BCUT2D eigenvalue weighted by Gasteiger charge is 2.58. The van der Waals surface area contributed by atoms with E-state index in [1.165, 1.54) is 36.8 Å². The number of hydrogen-bond donors (Lipinski definition) is 0. The van der Waals surface area contributed by atoms with Crippen LogP contribution in [0.4, 0.5) is 0 Å². The molecule has 0 aliphatic heterocycles. The third kappa shape index (κ3) is 1.89. The van der Waals surface area contributed by atoms with Crippen molar-refractivity contribution in [1.82, 2.24) is 0 Å². The van der Waals surface area contributed by atoms with Gasteiger partial charge in [0.1, 0.15) is 5.78 Å². The summed E-state index contributed by atoms with van der Waals surface area (Å²) >= 11 is 0. The van der Waals surface area contributed by atoms with E-state index in [-0.39, 0.29) is 11.8 Å². The molecule has 0 radical (unpaired) electrons. The van der Waals surface area contributed by atoms with Crippen molar-refractivity contribution in [1.29, 1.82) is 0 Å². The van der Waals surface area contributed by atoms with Crippen LogP contribution in [0.2, 0.25) is 0 Å². The first-order valence-electron chi connectivity index (χ1n) is 10.2. The van der Waals surface area contributed by atoms with Crippen LogP contribution in [0.15, 0.2) is 71.8 Å². The van der Waals surface area contributed by atoms with Gasteiger partial charge in [-0.1, -0.05) is 71.8 Å². The first-order chi connectivity index (χ1) is 12.8. The molecule has 2 fully saturated rings. The molecule has 26 heavy (non-hydrogen) atoms. The van der Waals surface area contributed by atoms with Crippen LogP contribution >= 0.6 is 0 Å². The van der Waals surface area contributed by atoms with E-state index < -0.39 is 0 Å². The molecule has 0 aromatic heterocycles. The van der Waals surface area contributed by atoms with Gasteiger partial charge < -0.3 is 0 Å². The summed E-state index contributed by atoms with van der Waals surface area (Å²) in [6, 6.07) is 21.2. The third-order valence-corrected chi connectivity index (χ3v) is 7.69. The second kappa shape index (κ2) is 5.42. The van der Waals surface area contributed by atoms with Gasteiger partial charge in [0.15, 0.2) is 0 Å². The van der Waals surface area contributed by atoms with Crippen LogP contribution in [0, 0.1) is 23.7 Å². The summed E-state index contributed by atoms with van der Waals surface area (Å²) in [7, 11) is 0. The van der Waals surface area contributed by atoms with Gasteiger partial charge in [-0.05, 0) is 60.5 Å². The van der Waals surface area contributed by atoms with Gasteiger partial charge in [0.2, 0.25) is 0 Å². The number of rotatable bonds is 2. The number of carbonyl (C=O) groups is 1. The highest BCUT2D eigenvalue weighted by Crippen LogP contribution is 2.66. The lowest BCUT2D eigenvalue weighted by atomic mass is 9.64. The Balaban J connectivity index is 1.53. The van der Waals surface area contributed by atoms with E-state index in [4.69, 9.17) is 0 Å². The maximum atomic E-state index is 13.8. The zero-order valence-electron chi connectivity index (χ0n) is 15.0. The lowest BCUT2D eigenvalue weighted by molar-refractivity contribution is -0.125. The normalized spacial score (nSPS) is 37.3. The number of ketones is 1. The molecule has 0 saturated heterocycles. The fraction of sp³-hybridized carbons (Fsp3) is 0.400. The molecule has 0 heterocycles. The van der Waals surface area contributed by atoms with Crippen molar-refractivity contribution in [3.8, 4) is 0 Å². The summed E-state index contributed by atoms with van der Waals surface area (Å²) in [4.78, 5) is 13.8. The molecule has 4 aliphatic rings. The number of benzene rings is 2. The van der Waals surface area contributed by atoms with Gasteiger partial charge >= 0.3 is 0 Å². The van der Waals surface area contributed by atoms with E-state index in [9.17, 15) is 4.79 Å². The van der Waals surface area contributed by atoms with Gasteiger partial charge in [-0.2, -0.15) is 0 Å². The molecular formula is C25H24O. The smallest absolute Gasteiger partial charge is 0.148 e. The lowest BCUT2D eigenvalue weighted by Crippen LogP contribution is -2.36.